The van der Waals surface area contributed by atoms with Crippen molar-refractivity contribution in [3.8, 4) is 0 Å². The molecule has 0 saturated carbocycles. The summed E-state index contributed by atoms with van der Waals surface area (Å²) < 4.78 is 4.84. The van der Waals surface area contributed by atoms with Gasteiger partial charge in [0.05, 0.1) is 12.3 Å². The lowest BCUT2D eigenvalue weighted by Gasteiger charge is -2.13. The molecule has 11 heavy (non-hydrogen) atoms. The first-order valence-electron chi connectivity index (χ1n) is 3.42. The van der Waals surface area contributed by atoms with Crippen LogP contribution in [0.15, 0.2) is 0 Å². The monoisotopic (exact) mass is 242 g/mol. The van der Waals surface area contributed by atoms with Gasteiger partial charge in [-0.15, -0.1) is 17.0 Å². The molecule has 0 rings (SSSR count). The van der Waals surface area contributed by atoms with E-state index >= 15 is 0 Å². The van der Waals surface area contributed by atoms with Crippen LogP contribution < -0.4 is 0 Å². The van der Waals surface area contributed by atoms with Gasteiger partial charge in [-0.3, -0.25) is 4.79 Å². The maximum absolute atomic E-state index is 11.0. The average molecular weight is 243 g/mol. The maximum atomic E-state index is 11.0. The van der Waals surface area contributed by atoms with Crippen molar-refractivity contribution < 1.29 is 9.53 Å². The third-order valence-corrected chi connectivity index (χ3v) is 3.16. The Morgan fingerprint density at radius 2 is 2.00 bits per heavy atom. The number of rotatable bonds is 3. The van der Waals surface area contributed by atoms with Crippen LogP contribution in [-0.2, 0) is 9.53 Å². The molecule has 0 aliphatic rings. The molecule has 0 heterocycles. The van der Waals surface area contributed by atoms with Crippen molar-refractivity contribution in [2.75, 3.05) is 19.9 Å². The largest absolute Gasteiger partial charge is 0.466 e. The van der Waals surface area contributed by atoms with Crippen molar-refractivity contribution in [3.63, 3.8) is 0 Å². The van der Waals surface area contributed by atoms with Crippen LogP contribution >= 0.6 is 24.9 Å². The molecule has 0 aliphatic carbocycles. The number of hydrogen-bond acceptors (Lipinski definition) is 2. The second-order valence-electron chi connectivity index (χ2n) is 2.39. The van der Waals surface area contributed by atoms with Crippen molar-refractivity contribution in [3.05, 3.63) is 0 Å². The normalized spacial score (nSPS) is 12.1. The highest BCUT2D eigenvalue weighted by Gasteiger charge is 2.16. The fourth-order valence-electron chi connectivity index (χ4n) is 0.474. The van der Waals surface area contributed by atoms with Gasteiger partial charge in [-0.2, -0.15) is 0 Å². The van der Waals surface area contributed by atoms with Gasteiger partial charge in [0.1, 0.15) is 0 Å². The molecule has 2 nitrogen and oxygen atoms in total. The Bertz CT molecular complexity index is 117. The maximum Gasteiger partial charge on any atom is 0.312 e. The van der Waals surface area contributed by atoms with Gasteiger partial charge in [-0.25, -0.2) is 0 Å². The lowest BCUT2D eigenvalue weighted by molar-refractivity contribution is -0.142. The first kappa shape index (κ1) is 13.9. The fourth-order valence-corrected chi connectivity index (χ4v) is 0.970. The van der Waals surface area contributed by atoms with E-state index in [1.165, 1.54) is 0 Å². The van der Waals surface area contributed by atoms with E-state index < -0.39 is 0 Å². The van der Waals surface area contributed by atoms with E-state index in [-0.39, 0.29) is 36.5 Å². The molecule has 68 valence electrons. The summed E-state index contributed by atoms with van der Waals surface area (Å²) in [5, 5.41) is 0. The molecule has 0 aromatic rings. The number of carbonyl (C=O) groups is 1. The lowest BCUT2D eigenvalue weighted by Crippen LogP contribution is -2.17. The van der Waals surface area contributed by atoms with E-state index in [1.807, 2.05) is 13.8 Å². The highest BCUT2D eigenvalue weighted by Crippen LogP contribution is 2.32. The van der Waals surface area contributed by atoms with Crippen LogP contribution in [0.2, 0.25) is 0 Å². The van der Waals surface area contributed by atoms with Crippen LogP contribution in [0, 0.1) is 0 Å². The molecule has 1 unspecified atom stereocenters. The zero-order valence-electron chi connectivity index (χ0n) is 7.46. The highest BCUT2D eigenvalue weighted by atomic mass is 79.9. The van der Waals surface area contributed by atoms with E-state index in [4.69, 9.17) is 4.74 Å². The summed E-state index contributed by atoms with van der Waals surface area (Å²) in [4.78, 5) is 11.0. The lowest BCUT2D eigenvalue weighted by atomic mass is 10.5. The van der Waals surface area contributed by atoms with Crippen LogP contribution in [0.4, 0.5) is 0 Å². The van der Waals surface area contributed by atoms with Crippen LogP contribution in [0.1, 0.15) is 13.8 Å². The average Bonchev–Trinajstić information content (AvgIpc) is 1.87. The molecule has 0 fully saturated rings. The van der Waals surface area contributed by atoms with E-state index in [0.717, 1.165) is 0 Å². The smallest absolute Gasteiger partial charge is 0.312 e. The summed E-state index contributed by atoms with van der Waals surface area (Å²) in [6.45, 7) is 8.40. The predicted octanol–water partition coefficient (Wildman–Crippen LogP) is 2.26. The highest BCUT2D eigenvalue weighted by molar-refractivity contribution is 8.93. The molecule has 0 bridgehead atoms. The first-order chi connectivity index (χ1) is 4.59. The Hall–Kier alpha value is 0.380. The summed E-state index contributed by atoms with van der Waals surface area (Å²) in [5.41, 5.74) is 0.0925. The third-order valence-electron chi connectivity index (χ3n) is 1.40. The molecular formula is C7H16BrO2P. The van der Waals surface area contributed by atoms with E-state index in [1.54, 1.807) is 0 Å². The van der Waals surface area contributed by atoms with E-state index in [2.05, 4.69) is 13.3 Å². The molecule has 0 radical (unpaired) electrons. The Kier molecular flexibility index (Phi) is 8.93. The summed E-state index contributed by atoms with van der Waals surface area (Å²) in [6.07, 6.45) is 0. The summed E-state index contributed by atoms with van der Waals surface area (Å²) in [6, 6.07) is 0. The number of halogens is 1. The molecule has 0 aromatic carbocycles. The Morgan fingerprint density at radius 3 is 2.27 bits per heavy atom. The molecular weight excluding hydrogens is 227 g/mol. The minimum Gasteiger partial charge on any atom is -0.466 e. The van der Waals surface area contributed by atoms with Crippen LogP contribution in [-0.4, -0.2) is 31.6 Å². The van der Waals surface area contributed by atoms with Gasteiger partial charge in [0.2, 0.25) is 0 Å². The van der Waals surface area contributed by atoms with Gasteiger partial charge in [0.15, 0.2) is 0 Å². The quantitative estimate of drug-likeness (QED) is 0.561. The SMILES string of the molecule is Br.CCOC(=O)C(C)P(C)C. The van der Waals surface area contributed by atoms with Gasteiger partial charge >= 0.3 is 5.97 Å². The van der Waals surface area contributed by atoms with Crippen molar-refractivity contribution >= 4 is 30.9 Å². The zero-order valence-corrected chi connectivity index (χ0v) is 10.1. The van der Waals surface area contributed by atoms with Crippen LogP contribution in [0.5, 0.6) is 0 Å². The van der Waals surface area contributed by atoms with Gasteiger partial charge in [-0.1, -0.05) is 7.92 Å². The molecule has 0 aromatic heterocycles. The number of carbonyl (C=O) groups excluding carboxylic acids is 1. The Labute approximate surface area is 80.2 Å². The minimum atomic E-state index is -0.187. The Morgan fingerprint density at radius 1 is 1.55 bits per heavy atom. The number of hydrogen-bond donors (Lipinski definition) is 0. The van der Waals surface area contributed by atoms with Crippen molar-refractivity contribution in [1.29, 1.82) is 0 Å². The van der Waals surface area contributed by atoms with Gasteiger partial charge in [-0.05, 0) is 27.2 Å². The standard InChI is InChI=1S/C7H15O2P.BrH/c1-5-9-7(8)6(2)10(3)4;/h6H,5H2,1-4H3;1H. The second-order valence-corrected chi connectivity index (χ2v) is 5.09. The van der Waals surface area contributed by atoms with E-state index in [0.29, 0.717) is 6.61 Å². The molecule has 0 spiro atoms. The van der Waals surface area contributed by atoms with E-state index in [9.17, 15) is 4.79 Å². The fraction of sp³-hybridized carbons (Fsp3) is 0.857. The molecule has 0 N–H and O–H groups in total. The van der Waals surface area contributed by atoms with Gasteiger partial charge in [0, 0.05) is 0 Å². The molecule has 0 amide bonds. The molecule has 4 heteroatoms. The number of ether oxygens (including phenoxy) is 1. The molecule has 1 atom stereocenters. The molecule has 0 aliphatic heterocycles. The van der Waals surface area contributed by atoms with Crippen molar-refractivity contribution in [2.45, 2.75) is 19.5 Å². The van der Waals surface area contributed by atoms with Gasteiger partial charge < -0.3 is 4.74 Å². The minimum absolute atomic E-state index is 0. The Balaban J connectivity index is 0. The third kappa shape index (κ3) is 5.63. The first-order valence-corrected chi connectivity index (χ1v) is 5.73. The summed E-state index contributed by atoms with van der Waals surface area (Å²) in [7, 11) is -0.187. The molecule has 0 saturated heterocycles. The number of esters is 1. The van der Waals surface area contributed by atoms with Crippen LogP contribution in [0.25, 0.3) is 0 Å². The van der Waals surface area contributed by atoms with Gasteiger partial charge in [0.25, 0.3) is 0 Å². The summed E-state index contributed by atoms with van der Waals surface area (Å²) in [5.74, 6) is -0.0568. The second kappa shape index (κ2) is 7.05. The topological polar surface area (TPSA) is 26.3 Å². The van der Waals surface area contributed by atoms with Crippen molar-refractivity contribution in [2.24, 2.45) is 0 Å². The van der Waals surface area contributed by atoms with Crippen molar-refractivity contribution in [1.82, 2.24) is 0 Å². The predicted molar refractivity (Wildman–Crippen MR) is 55.2 cm³/mol. The van der Waals surface area contributed by atoms with Crippen LogP contribution in [0.3, 0.4) is 0 Å². The zero-order chi connectivity index (χ0) is 8.15. The summed E-state index contributed by atoms with van der Waals surface area (Å²) >= 11 is 0.